The Bertz CT molecular complexity index is 155. The van der Waals surface area contributed by atoms with Crippen molar-refractivity contribution in [1.29, 1.82) is 0 Å². The molecule has 0 radical (unpaired) electrons. The van der Waals surface area contributed by atoms with E-state index in [1.807, 2.05) is 0 Å². The first-order valence-corrected chi connectivity index (χ1v) is 6.95. The minimum atomic E-state index is 0.815. The largest absolute Gasteiger partial charge is 0.317 e. The maximum atomic E-state index is 3.51. The van der Waals surface area contributed by atoms with Crippen molar-refractivity contribution in [2.45, 2.75) is 71.3 Å². The van der Waals surface area contributed by atoms with Crippen LogP contribution >= 0.6 is 0 Å². The van der Waals surface area contributed by atoms with Crippen molar-refractivity contribution in [3.05, 3.63) is 0 Å². The Hall–Kier alpha value is -0.0400. The molecule has 0 aromatic heterocycles. The van der Waals surface area contributed by atoms with Crippen LogP contribution in [0.4, 0.5) is 0 Å². The Kier molecular flexibility index (Phi) is 6.31. The summed E-state index contributed by atoms with van der Waals surface area (Å²) in [6.45, 7) is 4.69. The highest BCUT2D eigenvalue weighted by atomic mass is 14.9. The van der Waals surface area contributed by atoms with E-state index in [9.17, 15) is 0 Å². The molecule has 1 rings (SSSR count). The quantitative estimate of drug-likeness (QED) is 0.700. The molecular formula is C14H29N. The molecule has 0 aromatic rings. The van der Waals surface area contributed by atoms with Gasteiger partial charge in [0.2, 0.25) is 0 Å². The highest BCUT2D eigenvalue weighted by Crippen LogP contribution is 2.29. The van der Waals surface area contributed by atoms with Gasteiger partial charge in [0.1, 0.15) is 0 Å². The summed E-state index contributed by atoms with van der Waals surface area (Å²) in [5.41, 5.74) is 0. The van der Waals surface area contributed by atoms with Gasteiger partial charge >= 0.3 is 0 Å². The fourth-order valence-electron chi connectivity index (χ4n) is 2.87. The molecule has 1 fully saturated rings. The zero-order chi connectivity index (χ0) is 11.1. The fraction of sp³-hybridized carbons (Fsp3) is 1.00. The Morgan fingerprint density at radius 1 is 1.27 bits per heavy atom. The van der Waals surface area contributed by atoms with Gasteiger partial charge in [-0.15, -0.1) is 0 Å². The van der Waals surface area contributed by atoms with E-state index in [0.29, 0.717) is 0 Å². The van der Waals surface area contributed by atoms with Crippen molar-refractivity contribution < 1.29 is 0 Å². The highest BCUT2D eigenvalue weighted by Gasteiger charge is 2.22. The molecule has 0 amide bonds. The van der Waals surface area contributed by atoms with Gasteiger partial charge < -0.3 is 5.32 Å². The monoisotopic (exact) mass is 211 g/mol. The number of rotatable bonds is 6. The smallest absolute Gasteiger partial charge is 0.00923 e. The van der Waals surface area contributed by atoms with Gasteiger partial charge in [0.25, 0.3) is 0 Å². The summed E-state index contributed by atoms with van der Waals surface area (Å²) < 4.78 is 0. The lowest BCUT2D eigenvalue weighted by Gasteiger charge is -2.31. The van der Waals surface area contributed by atoms with Crippen LogP contribution in [-0.2, 0) is 0 Å². The van der Waals surface area contributed by atoms with E-state index in [-0.39, 0.29) is 0 Å². The minimum absolute atomic E-state index is 0.815. The summed E-state index contributed by atoms with van der Waals surface area (Å²) in [6, 6.07) is 0.815. The van der Waals surface area contributed by atoms with E-state index in [4.69, 9.17) is 0 Å². The third-order valence-electron chi connectivity index (χ3n) is 4.25. The van der Waals surface area contributed by atoms with Gasteiger partial charge in [-0.05, 0) is 38.1 Å². The van der Waals surface area contributed by atoms with Gasteiger partial charge in [0, 0.05) is 6.04 Å². The molecule has 3 unspecified atom stereocenters. The second kappa shape index (κ2) is 7.27. The molecule has 1 heteroatoms. The zero-order valence-corrected chi connectivity index (χ0v) is 10.9. The maximum absolute atomic E-state index is 3.51. The van der Waals surface area contributed by atoms with Crippen LogP contribution in [0.15, 0.2) is 0 Å². The topological polar surface area (TPSA) is 12.0 Å². The molecule has 1 aliphatic carbocycles. The third kappa shape index (κ3) is 4.55. The van der Waals surface area contributed by atoms with Crippen LogP contribution in [-0.4, -0.2) is 13.1 Å². The summed E-state index contributed by atoms with van der Waals surface area (Å²) in [5, 5.41) is 3.51. The van der Waals surface area contributed by atoms with Crippen molar-refractivity contribution >= 4 is 0 Å². The molecule has 0 aliphatic heterocycles. The van der Waals surface area contributed by atoms with Crippen LogP contribution in [0.2, 0.25) is 0 Å². The van der Waals surface area contributed by atoms with Gasteiger partial charge in [0.05, 0.1) is 0 Å². The molecule has 0 saturated heterocycles. The molecule has 1 aliphatic rings. The molecule has 1 N–H and O–H groups in total. The van der Waals surface area contributed by atoms with Gasteiger partial charge in [-0.1, -0.05) is 46.0 Å². The molecule has 0 spiro atoms. The summed E-state index contributed by atoms with van der Waals surface area (Å²) >= 11 is 0. The third-order valence-corrected chi connectivity index (χ3v) is 4.25. The number of hydrogen-bond donors (Lipinski definition) is 1. The molecule has 15 heavy (non-hydrogen) atoms. The van der Waals surface area contributed by atoms with Crippen molar-refractivity contribution in [2.24, 2.45) is 11.8 Å². The number of hydrogen-bond acceptors (Lipinski definition) is 1. The average Bonchev–Trinajstić information content (AvgIpc) is 2.29. The molecular weight excluding hydrogens is 182 g/mol. The van der Waals surface area contributed by atoms with E-state index < -0.39 is 0 Å². The predicted octanol–water partition coefficient (Wildman–Crippen LogP) is 3.98. The Morgan fingerprint density at radius 2 is 2.00 bits per heavy atom. The Morgan fingerprint density at radius 3 is 2.67 bits per heavy atom. The lowest BCUT2D eigenvalue weighted by atomic mass is 9.81. The van der Waals surface area contributed by atoms with Crippen LogP contribution in [0.3, 0.4) is 0 Å². The van der Waals surface area contributed by atoms with E-state index in [2.05, 4.69) is 26.2 Å². The first-order valence-electron chi connectivity index (χ1n) is 6.95. The van der Waals surface area contributed by atoms with Crippen molar-refractivity contribution in [2.75, 3.05) is 7.05 Å². The summed E-state index contributed by atoms with van der Waals surface area (Å²) in [5.74, 6) is 1.90. The molecule has 1 nitrogen and oxygen atoms in total. The SMILES string of the molecule is CCC(C)CCCC1CCCCC1NC. The fourth-order valence-corrected chi connectivity index (χ4v) is 2.87. The lowest BCUT2D eigenvalue weighted by molar-refractivity contribution is 0.250. The molecule has 0 bridgehead atoms. The summed E-state index contributed by atoms with van der Waals surface area (Å²) in [7, 11) is 2.14. The zero-order valence-electron chi connectivity index (χ0n) is 10.9. The van der Waals surface area contributed by atoms with Gasteiger partial charge in [0.15, 0.2) is 0 Å². The van der Waals surface area contributed by atoms with Crippen LogP contribution in [0, 0.1) is 11.8 Å². The van der Waals surface area contributed by atoms with E-state index in [1.54, 1.807) is 0 Å². The number of nitrogens with one attached hydrogen (secondary N) is 1. The maximum Gasteiger partial charge on any atom is 0.00923 e. The average molecular weight is 211 g/mol. The van der Waals surface area contributed by atoms with E-state index in [0.717, 1.165) is 17.9 Å². The molecule has 0 heterocycles. The Labute approximate surface area is 96.0 Å². The molecule has 90 valence electrons. The van der Waals surface area contributed by atoms with E-state index in [1.165, 1.54) is 51.4 Å². The molecule has 1 saturated carbocycles. The summed E-state index contributed by atoms with van der Waals surface area (Å²) in [6.07, 6.45) is 11.5. The second-order valence-electron chi connectivity index (χ2n) is 5.38. The van der Waals surface area contributed by atoms with Crippen molar-refractivity contribution in [1.82, 2.24) is 5.32 Å². The van der Waals surface area contributed by atoms with Gasteiger partial charge in [-0.25, -0.2) is 0 Å². The lowest BCUT2D eigenvalue weighted by Crippen LogP contribution is -2.36. The van der Waals surface area contributed by atoms with Crippen LogP contribution in [0.5, 0.6) is 0 Å². The van der Waals surface area contributed by atoms with Crippen molar-refractivity contribution in [3.63, 3.8) is 0 Å². The van der Waals surface area contributed by atoms with Crippen LogP contribution < -0.4 is 5.32 Å². The minimum Gasteiger partial charge on any atom is -0.317 e. The standard InChI is InChI=1S/C14H29N/c1-4-12(2)8-7-10-13-9-5-6-11-14(13)15-3/h12-15H,4-11H2,1-3H3. The van der Waals surface area contributed by atoms with Crippen LogP contribution in [0.25, 0.3) is 0 Å². The van der Waals surface area contributed by atoms with Crippen molar-refractivity contribution in [3.8, 4) is 0 Å². The normalized spacial score (nSPS) is 29.0. The Balaban J connectivity index is 2.17. The molecule has 3 atom stereocenters. The van der Waals surface area contributed by atoms with E-state index >= 15 is 0 Å². The van der Waals surface area contributed by atoms with Crippen LogP contribution in [0.1, 0.15) is 65.2 Å². The van der Waals surface area contributed by atoms with Gasteiger partial charge in [-0.2, -0.15) is 0 Å². The first kappa shape index (κ1) is 13.0. The molecule has 0 aromatic carbocycles. The summed E-state index contributed by atoms with van der Waals surface area (Å²) in [4.78, 5) is 0. The predicted molar refractivity (Wildman–Crippen MR) is 68.1 cm³/mol. The first-order chi connectivity index (χ1) is 7.27. The van der Waals surface area contributed by atoms with Gasteiger partial charge in [-0.3, -0.25) is 0 Å². The highest BCUT2D eigenvalue weighted by molar-refractivity contribution is 4.79. The second-order valence-corrected chi connectivity index (χ2v) is 5.38.